The summed E-state index contributed by atoms with van der Waals surface area (Å²) in [4.78, 5) is 0. The highest BCUT2D eigenvalue weighted by atomic mass is 35.5. The average molecular weight is 443 g/mol. The second-order valence-corrected chi connectivity index (χ2v) is 10.1. The van der Waals surface area contributed by atoms with E-state index in [-0.39, 0.29) is 18.8 Å². The van der Waals surface area contributed by atoms with Gasteiger partial charge in [-0.3, -0.25) is 0 Å². The smallest absolute Gasteiger partial charge is 0.119 e. The Morgan fingerprint density at radius 1 is 1.06 bits per heavy atom. The van der Waals surface area contributed by atoms with E-state index >= 15 is 0 Å². The van der Waals surface area contributed by atoms with E-state index in [0.717, 1.165) is 28.3 Å². The summed E-state index contributed by atoms with van der Waals surface area (Å²) in [6, 6.07) is 14.3. The molecule has 166 valence electrons. The van der Waals surface area contributed by atoms with Crippen LogP contribution in [0, 0.1) is 5.41 Å². The van der Waals surface area contributed by atoms with E-state index in [1.807, 2.05) is 12.1 Å². The summed E-state index contributed by atoms with van der Waals surface area (Å²) in [5.74, 6) is 0.947. The summed E-state index contributed by atoms with van der Waals surface area (Å²) in [5.41, 5.74) is 3.82. The van der Waals surface area contributed by atoms with Gasteiger partial charge in [-0.1, -0.05) is 42.3 Å². The van der Waals surface area contributed by atoms with Crippen molar-refractivity contribution in [3.05, 3.63) is 64.2 Å². The van der Waals surface area contributed by atoms with Crippen molar-refractivity contribution in [3.8, 4) is 5.75 Å². The number of rotatable bonds is 6. The Labute approximate surface area is 189 Å². The minimum Gasteiger partial charge on any atom is -0.490 e. The molecule has 3 unspecified atom stereocenters. The molecule has 0 amide bonds. The molecule has 0 aromatic heterocycles. The van der Waals surface area contributed by atoms with E-state index in [2.05, 4.69) is 30.3 Å². The summed E-state index contributed by atoms with van der Waals surface area (Å²) < 4.78 is 12.1. The lowest BCUT2D eigenvalue weighted by Gasteiger charge is -2.53. The van der Waals surface area contributed by atoms with E-state index in [9.17, 15) is 10.2 Å². The molecule has 1 heterocycles. The Hall–Kier alpha value is -1.59. The first-order chi connectivity index (χ1) is 15.0. The van der Waals surface area contributed by atoms with Gasteiger partial charge in [-0.15, -0.1) is 0 Å². The van der Waals surface area contributed by atoms with Crippen molar-refractivity contribution in [3.63, 3.8) is 0 Å². The third kappa shape index (κ3) is 4.63. The zero-order chi connectivity index (χ0) is 21.4. The van der Waals surface area contributed by atoms with Crippen molar-refractivity contribution < 1.29 is 19.7 Å². The SMILES string of the molecule is OCC1CC(O)CC(c2ccc(Cl)c(Cc3ccc(OC4CC5(CCC5)C4)cc3)c2)O1. The van der Waals surface area contributed by atoms with Gasteiger partial charge in [0.05, 0.1) is 31.0 Å². The third-order valence-corrected chi connectivity index (χ3v) is 7.75. The van der Waals surface area contributed by atoms with E-state index < -0.39 is 6.10 Å². The topological polar surface area (TPSA) is 58.9 Å². The molecule has 0 bridgehead atoms. The molecule has 31 heavy (non-hydrogen) atoms. The predicted molar refractivity (Wildman–Crippen MR) is 121 cm³/mol. The summed E-state index contributed by atoms with van der Waals surface area (Å²) in [7, 11) is 0. The van der Waals surface area contributed by atoms with Crippen LogP contribution in [0.25, 0.3) is 0 Å². The summed E-state index contributed by atoms with van der Waals surface area (Å²) in [6.07, 6.45) is 7.69. The maximum absolute atomic E-state index is 10.1. The molecule has 4 nitrogen and oxygen atoms in total. The van der Waals surface area contributed by atoms with Crippen molar-refractivity contribution in [1.29, 1.82) is 0 Å². The molecule has 3 fully saturated rings. The van der Waals surface area contributed by atoms with Crippen LogP contribution >= 0.6 is 11.6 Å². The van der Waals surface area contributed by atoms with E-state index in [1.165, 1.54) is 37.7 Å². The summed E-state index contributed by atoms with van der Waals surface area (Å²) in [5, 5.41) is 20.3. The molecular weight excluding hydrogens is 412 g/mol. The lowest BCUT2D eigenvalue weighted by Crippen LogP contribution is -2.48. The Bertz CT molecular complexity index is 900. The molecule has 2 aromatic carbocycles. The quantitative estimate of drug-likeness (QED) is 0.644. The lowest BCUT2D eigenvalue weighted by atomic mass is 9.55. The van der Waals surface area contributed by atoms with Gasteiger partial charge >= 0.3 is 0 Å². The van der Waals surface area contributed by atoms with Gasteiger partial charge in [0.1, 0.15) is 5.75 Å². The zero-order valence-corrected chi connectivity index (χ0v) is 18.6. The normalized spacial score (nSPS) is 27.5. The molecule has 5 rings (SSSR count). The molecular formula is C26H31ClO4. The fraction of sp³-hybridized carbons (Fsp3) is 0.538. The summed E-state index contributed by atoms with van der Waals surface area (Å²) in [6.45, 7) is -0.0791. The number of aliphatic hydroxyl groups excluding tert-OH is 2. The van der Waals surface area contributed by atoms with Crippen LogP contribution in [-0.4, -0.2) is 35.1 Å². The number of hydrogen-bond donors (Lipinski definition) is 2. The first-order valence-electron chi connectivity index (χ1n) is 11.5. The predicted octanol–water partition coefficient (Wildman–Crippen LogP) is 5.22. The van der Waals surface area contributed by atoms with E-state index in [0.29, 0.717) is 24.4 Å². The Morgan fingerprint density at radius 3 is 2.52 bits per heavy atom. The summed E-state index contributed by atoms with van der Waals surface area (Å²) >= 11 is 6.49. The average Bonchev–Trinajstić information content (AvgIpc) is 2.71. The van der Waals surface area contributed by atoms with Crippen LogP contribution in [-0.2, 0) is 11.2 Å². The Balaban J connectivity index is 1.23. The van der Waals surface area contributed by atoms with Crippen molar-refractivity contribution >= 4 is 11.6 Å². The highest BCUT2D eigenvalue weighted by Crippen LogP contribution is 2.56. The van der Waals surface area contributed by atoms with Crippen molar-refractivity contribution in [1.82, 2.24) is 0 Å². The van der Waals surface area contributed by atoms with E-state index in [4.69, 9.17) is 21.1 Å². The minimum absolute atomic E-state index is 0.0791. The van der Waals surface area contributed by atoms with Crippen LogP contribution in [0.2, 0.25) is 5.02 Å². The number of hydrogen-bond acceptors (Lipinski definition) is 4. The minimum atomic E-state index is -0.461. The van der Waals surface area contributed by atoms with Crippen LogP contribution in [0.4, 0.5) is 0 Å². The van der Waals surface area contributed by atoms with Crippen LogP contribution < -0.4 is 4.74 Å². The second kappa shape index (κ2) is 8.74. The van der Waals surface area contributed by atoms with Crippen LogP contribution in [0.1, 0.15) is 67.7 Å². The largest absolute Gasteiger partial charge is 0.490 e. The Morgan fingerprint density at radius 2 is 1.84 bits per heavy atom. The number of aliphatic hydroxyl groups is 2. The van der Waals surface area contributed by atoms with Crippen LogP contribution in [0.3, 0.4) is 0 Å². The van der Waals surface area contributed by atoms with Crippen LogP contribution in [0.15, 0.2) is 42.5 Å². The van der Waals surface area contributed by atoms with E-state index in [1.54, 1.807) is 0 Å². The van der Waals surface area contributed by atoms with Crippen LogP contribution in [0.5, 0.6) is 5.75 Å². The maximum atomic E-state index is 10.1. The Kier molecular flexibility index (Phi) is 6.00. The first kappa shape index (κ1) is 21.3. The lowest BCUT2D eigenvalue weighted by molar-refractivity contribution is -0.113. The number of halogens is 1. The van der Waals surface area contributed by atoms with Gasteiger partial charge in [0.15, 0.2) is 0 Å². The van der Waals surface area contributed by atoms with Gasteiger partial charge in [0, 0.05) is 17.9 Å². The van der Waals surface area contributed by atoms with Gasteiger partial charge in [-0.25, -0.2) is 0 Å². The molecule has 2 saturated carbocycles. The van der Waals surface area contributed by atoms with Gasteiger partial charge in [0.25, 0.3) is 0 Å². The number of ether oxygens (including phenoxy) is 2. The third-order valence-electron chi connectivity index (χ3n) is 7.38. The molecule has 5 heteroatoms. The molecule has 1 aliphatic heterocycles. The van der Waals surface area contributed by atoms with Gasteiger partial charge in [-0.05, 0) is 72.4 Å². The zero-order valence-electron chi connectivity index (χ0n) is 17.8. The highest BCUT2D eigenvalue weighted by Gasteiger charge is 2.49. The maximum Gasteiger partial charge on any atom is 0.119 e. The second-order valence-electron chi connectivity index (χ2n) is 9.73. The first-order valence-corrected chi connectivity index (χ1v) is 11.9. The monoisotopic (exact) mass is 442 g/mol. The van der Waals surface area contributed by atoms with Crippen molar-refractivity contribution in [2.45, 2.75) is 75.8 Å². The van der Waals surface area contributed by atoms with Crippen molar-refractivity contribution in [2.24, 2.45) is 5.41 Å². The molecule has 0 radical (unpaired) electrons. The molecule has 2 aromatic rings. The molecule has 1 saturated heterocycles. The van der Waals surface area contributed by atoms with Gasteiger partial charge in [-0.2, -0.15) is 0 Å². The van der Waals surface area contributed by atoms with Gasteiger partial charge < -0.3 is 19.7 Å². The fourth-order valence-electron chi connectivity index (χ4n) is 5.43. The van der Waals surface area contributed by atoms with Gasteiger partial charge in [0.2, 0.25) is 0 Å². The fourth-order valence-corrected chi connectivity index (χ4v) is 5.61. The molecule has 1 spiro atoms. The number of benzene rings is 2. The molecule has 2 N–H and O–H groups in total. The molecule has 3 aliphatic rings. The van der Waals surface area contributed by atoms with Crippen molar-refractivity contribution in [2.75, 3.05) is 6.61 Å². The standard InChI is InChI=1S/C26H31ClO4/c27-24-7-4-18(25-13-20(29)12-22(16-28)31-25)11-19(24)10-17-2-5-21(6-3-17)30-23-14-26(15-23)8-1-9-26/h2-7,11,20,22-23,25,28-29H,1,8-10,12-16H2. The molecule has 3 atom stereocenters. The highest BCUT2D eigenvalue weighted by molar-refractivity contribution is 6.31. The molecule has 2 aliphatic carbocycles.